The molecule has 0 amide bonds. The van der Waals surface area contributed by atoms with Gasteiger partial charge in [0.2, 0.25) is 0 Å². The van der Waals surface area contributed by atoms with Crippen LogP contribution in [-0.2, 0) is 4.79 Å². The van der Waals surface area contributed by atoms with E-state index in [4.69, 9.17) is 13.9 Å². The Balaban J connectivity index is 2.12. The molecule has 1 saturated heterocycles. The number of carboxylic acids is 1. The van der Waals surface area contributed by atoms with Gasteiger partial charge >= 0.3 is 5.97 Å². The molecule has 1 N–H and O–H groups in total. The molecule has 1 aromatic heterocycles. The van der Waals surface area contributed by atoms with Crippen LogP contribution in [-0.4, -0.2) is 42.8 Å². The zero-order valence-electron chi connectivity index (χ0n) is 13.8. The van der Waals surface area contributed by atoms with E-state index in [1.54, 1.807) is 26.5 Å². The summed E-state index contributed by atoms with van der Waals surface area (Å²) in [5.41, 5.74) is 0.833. The van der Waals surface area contributed by atoms with Crippen molar-refractivity contribution < 1.29 is 23.8 Å². The van der Waals surface area contributed by atoms with E-state index in [2.05, 4.69) is 0 Å². The largest absolute Gasteiger partial charge is 0.493 e. The van der Waals surface area contributed by atoms with E-state index in [1.165, 1.54) is 0 Å². The van der Waals surface area contributed by atoms with E-state index < -0.39 is 12.0 Å². The van der Waals surface area contributed by atoms with Gasteiger partial charge in [0.1, 0.15) is 11.8 Å². The van der Waals surface area contributed by atoms with Crippen molar-refractivity contribution in [3.63, 3.8) is 0 Å². The average molecular weight is 331 g/mol. The molecule has 0 radical (unpaired) electrons. The number of rotatable bonds is 6. The number of carboxylic acid groups (broad SMARTS) is 1. The molecular weight excluding hydrogens is 310 g/mol. The van der Waals surface area contributed by atoms with Gasteiger partial charge in [0, 0.05) is 12.1 Å². The van der Waals surface area contributed by atoms with Crippen LogP contribution in [0.1, 0.15) is 30.2 Å². The molecule has 2 unspecified atom stereocenters. The molecule has 1 aromatic carbocycles. The molecule has 2 aromatic rings. The monoisotopic (exact) mass is 331 g/mol. The van der Waals surface area contributed by atoms with Gasteiger partial charge in [-0.15, -0.1) is 0 Å². The maximum absolute atomic E-state index is 11.7. The van der Waals surface area contributed by atoms with E-state index in [0.29, 0.717) is 30.2 Å². The van der Waals surface area contributed by atoms with Crippen molar-refractivity contribution >= 4 is 5.97 Å². The van der Waals surface area contributed by atoms with Gasteiger partial charge in [-0.25, -0.2) is 0 Å². The van der Waals surface area contributed by atoms with Crippen molar-refractivity contribution in [1.82, 2.24) is 4.90 Å². The van der Waals surface area contributed by atoms with Crippen LogP contribution in [0, 0.1) is 0 Å². The van der Waals surface area contributed by atoms with Crippen LogP contribution in [0.2, 0.25) is 0 Å². The van der Waals surface area contributed by atoms with E-state index in [1.807, 2.05) is 29.2 Å². The Bertz CT molecular complexity index is 697. The lowest BCUT2D eigenvalue weighted by Gasteiger charge is -2.31. The van der Waals surface area contributed by atoms with Crippen molar-refractivity contribution in [2.45, 2.75) is 24.9 Å². The molecule has 24 heavy (non-hydrogen) atoms. The number of likely N-dealkylation sites (tertiary alicyclic amines) is 1. The second-order valence-corrected chi connectivity index (χ2v) is 5.73. The van der Waals surface area contributed by atoms with Crippen LogP contribution in [0.4, 0.5) is 0 Å². The summed E-state index contributed by atoms with van der Waals surface area (Å²) in [5.74, 6) is 1.08. The number of furan rings is 1. The SMILES string of the molecule is COc1cccc(C(c2ccco2)N2CCCC2C(=O)O)c1OC. The van der Waals surface area contributed by atoms with Gasteiger partial charge in [-0.05, 0) is 31.0 Å². The first kappa shape index (κ1) is 16.4. The van der Waals surface area contributed by atoms with Crippen LogP contribution in [0.15, 0.2) is 41.0 Å². The molecule has 0 aliphatic carbocycles. The number of nitrogens with zero attached hydrogens (tertiary/aromatic N) is 1. The minimum Gasteiger partial charge on any atom is -0.493 e. The number of ether oxygens (including phenoxy) is 2. The molecule has 1 fully saturated rings. The van der Waals surface area contributed by atoms with Crippen molar-refractivity contribution in [2.24, 2.45) is 0 Å². The number of aliphatic carboxylic acids is 1. The summed E-state index contributed by atoms with van der Waals surface area (Å²) in [4.78, 5) is 13.6. The molecule has 0 saturated carbocycles. The normalized spacial score (nSPS) is 19.2. The summed E-state index contributed by atoms with van der Waals surface area (Å²) in [6.45, 7) is 0.683. The average Bonchev–Trinajstić information content (AvgIpc) is 3.27. The van der Waals surface area contributed by atoms with E-state index in [-0.39, 0.29) is 6.04 Å². The highest BCUT2D eigenvalue weighted by atomic mass is 16.5. The zero-order valence-corrected chi connectivity index (χ0v) is 13.8. The summed E-state index contributed by atoms with van der Waals surface area (Å²) in [6.07, 6.45) is 3.06. The molecule has 3 rings (SSSR count). The molecule has 0 bridgehead atoms. The maximum atomic E-state index is 11.7. The third-order valence-electron chi connectivity index (χ3n) is 4.45. The Morgan fingerprint density at radius 2 is 2.12 bits per heavy atom. The Morgan fingerprint density at radius 1 is 1.29 bits per heavy atom. The minimum atomic E-state index is -0.814. The van der Waals surface area contributed by atoms with Crippen LogP contribution >= 0.6 is 0 Å². The van der Waals surface area contributed by atoms with Crippen LogP contribution in [0.5, 0.6) is 11.5 Å². The molecule has 6 heteroatoms. The maximum Gasteiger partial charge on any atom is 0.320 e. The molecule has 1 aliphatic heterocycles. The van der Waals surface area contributed by atoms with Crippen LogP contribution in [0.25, 0.3) is 0 Å². The minimum absolute atomic E-state index is 0.339. The molecule has 1 aliphatic rings. The van der Waals surface area contributed by atoms with Gasteiger partial charge in [0.15, 0.2) is 11.5 Å². The number of methoxy groups -OCH3 is 2. The third-order valence-corrected chi connectivity index (χ3v) is 4.45. The number of hydrogen-bond donors (Lipinski definition) is 1. The van der Waals surface area contributed by atoms with Gasteiger partial charge in [-0.1, -0.05) is 12.1 Å². The summed E-state index contributed by atoms with van der Waals surface area (Å²) in [5, 5.41) is 9.58. The molecule has 0 spiro atoms. The van der Waals surface area contributed by atoms with Crippen molar-refractivity contribution in [2.75, 3.05) is 20.8 Å². The lowest BCUT2D eigenvalue weighted by Crippen LogP contribution is -2.39. The van der Waals surface area contributed by atoms with Gasteiger partial charge in [0.05, 0.1) is 26.5 Å². The smallest absolute Gasteiger partial charge is 0.320 e. The predicted octanol–water partition coefficient (Wildman–Crippen LogP) is 2.94. The van der Waals surface area contributed by atoms with Gasteiger partial charge < -0.3 is 19.0 Å². The van der Waals surface area contributed by atoms with Crippen LogP contribution < -0.4 is 9.47 Å². The third kappa shape index (κ3) is 2.85. The molecule has 128 valence electrons. The van der Waals surface area contributed by atoms with E-state index in [0.717, 1.165) is 12.0 Å². The highest BCUT2D eigenvalue weighted by Crippen LogP contribution is 2.42. The standard InChI is InChI=1S/C18H21NO5/c1-22-15-8-3-6-12(17(15)23-2)16(14-9-5-11-24-14)19-10-4-7-13(19)18(20)21/h3,5-6,8-9,11,13,16H,4,7,10H2,1-2H3,(H,20,21). The second kappa shape index (κ2) is 6.97. The van der Waals surface area contributed by atoms with Gasteiger partial charge in [0.25, 0.3) is 0 Å². The first-order chi connectivity index (χ1) is 11.7. The topological polar surface area (TPSA) is 72.1 Å². The fourth-order valence-corrected chi connectivity index (χ4v) is 3.43. The predicted molar refractivity (Wildman–Crippen MR) is 87.5 cm³/mol. The number of hydrogen-bond acceptors (Lipinski definition) is 5. The Kier molecular flexibility index (Phi) is 4.76. The number of para-hydroxylation sites is 1. The Morgan fingerprint density at radius 3 is 2.75 bits per heavy atom. The highest BCUT2D eigenvalue weighted by molar-refractivity contribution is 5.74. The number of carbonyl (C=O) groups is 1. The van der Waals surface area contributed by atoms with Gasteiger partial charge in [-0.3, -0.25) is 9.69 Å². The Labute approximate surface area is 140 Å². The molecule has 2 atom stereocenters. The lowest BCUT2D eigenvalue weighted by atomic mass is 10.00. The fourth-order valence-electron chi connectivity index (χ4n) is 3.43. The van der Waals surface area contributed by atoms with Crippen molar-refractivity contribution in [3.05, 3.63) is 47.9 Å². The lowest BCUT2D eigenvalue weighted by molar-refractivity contribution is -0.142. The first-order valence-corrected chi connectivity index (χ1v) is 7.90. The first-order valence-electron chi connectivity index (χ1n) is 7.90. The van der Waals surface area contributed by atoms with E-state index >= 15 is 0 Å². The summed E-state index contributed by atoms with van der Waals surface area (Å²) in [7, 11) is 3.17. The molecular formula is C18H21NO5. The number of benzene rings is 1. The quantitative estimate of drug-likeness (QED) is 0.877. The fraction of sp³-hybridized carbons (Fsp3) is 0.389. The van der Waals surface area contributed by atoms with Crippen LogP contribution in [0.3, 0.4) is 0 Å². The van der Waals surface area contributed by atoms with Gasteiger partial charge in [-0.2, -0.15) is 0 Å². The summed E-state index contributed by atoms with van der Waals surface area (Å²) < 4.78 is 16.6. The zero-order chi connectivity index (χ0) is 17.1. The Hall–Kier alpha value is -2.47. The second-order valence-electron chi connectivity index (χ2n) is 5.73. The van der Waals surface area contributed by atoms with Crippen molar-refractivity contribution in [3.8, 4) is 11.5 Å². The highest BCUT2D eigenvalue weighted by Gasteiger charge is 2.39. The molecule has 2 heterocycles. The summed E-state index contributed by atoms with van der Waals surface area (Å²) >= 11 is 0. The summed E-state index contributed by atoms with van der Waals surface area (Å²) in [6, 6.07) is 8.40. The molecule has 6 nitrogen and oxygen atoms in total. The van der Waals surface area contributed by atoms with E-state index in [9.17, 15) is 9.90 Å². The van der Waals surface area contributed by atoms with Crippen molar-refractivity contribution in [1.29, 1.82) is 0 Å².